The van der Waals surface area contributed by atoms with Gasteiger partial charge in [-0.1, -0.05) is 24.3 Å². The zero-order valence-corrected chi connectivity index (χ0v) is 18.8. The van der Waals surface area contributed by atoms with E-state index in [2.05, 4.69) is 10.0 Å². The summed E-state index contributed by atoms with van der Waals surface area (Å²) >= 11 is 0. The van der Waals surface area contributed by atoms with Crippen LogP contribution in [0.3, 0.4) is 0 Å². The van der Waals surface area contributed by atoms with Crippen molar-refractivity contribution in [3.63, 3.8) is 0 Å². The van der Waals surface area contributed by atoms with Crippen molar-refractivity contribution in [1.82, 2.24) is 0 Å². The number of ether oxygens (including phenoxy) is 2. The van der Waals surface area contributed by atoms with Crippen LogP contribution in [0.4, 0.5) is 17.1 Å². The van der Waals surface area contributed by atoms with Crippen molar-refractivity contribution in [3.05, 3.63) is 81.9 Å². The fourth-order valence-electron chi connectivity index (χ4n) is 3.05. The second kappa shape index (κ2) is 9.57. The van der Waals surface area contributed by atoms with E-state index in [0.717, 1.165) is 6.07 Å². The smallest absolute Gasteiger partial charge is 0.270 e. The summed E-state index contributed by atoms with van der Waals surface area (Å²) in [5.41, 5.74) is 0.676. The van der Waals surface area contributed by atoms with Gasteiger partial charge in [-0.05, 0) is 24.6 Å². The predicted octanol–water partition coefficient (Wildman–Crippen LogP) is 3.97. The lowest BCUT2D eigenvalue weighted by atomic mass is 10.2. The number of hydrogen-bond donors (Lipinski definition) is 2. The van der Waals surface area contributed by atoms with Crippen molar-refractivity contribution < 1.29 is 27.6 Å². The molecule has 0 saturated heterocycles. The molecule has 3 rings (SSSR count). The van der Waals surface area contributed by atoms with Gasteiger partial charge in [0.25, 0.3) is 21.6 Å². The number of amides is 1. The number of nitro benzene ring substituents is 1. The summed E-state index contributed by atoms with van der Waals surface area (Å²) in [7, 11) is -1.52. The first-order chi connectivity index (χ1) is 15.7. The number of methoxy groups -OCH3 is 2. The first-order valence-corrected chi connectivity index (χ1v) is 11.0. The molecular weight excluding hydrogens is 450 g/mol. The van der Waals surface area contributed by atoms with Gasteiger partial charge < -0.3 is 14.8 Å². The van der Waals surface area contributed by atoms with E-state index in [9.17, 15) is 23.3 Å². The van der Waals surface area contributed by atoms with Crippen molar-refractivity contribution in [2.24, 2.45) is 0 Å². The minimum Gasteiger partial charge on any atom is -0.494 e. The molecule has 3 aromatic rings. The highest BCUT2D eigenvalue weighted by atomic mass is 32.2. The predicted molar refractivity (Wildman–Crippen MR) is 123 cm³/mol. The number of carbonyl (C=O) groups is 1. The van der Waals surface area contributed by atoms with Crippen LogP contribution in [0.15, 0.2) is 65.6 Å². The number of nitro groups is 1. The number of hydrogen-bond acceptors (Lipinski definition) is 7. The molecule has 0 atom stereocenters. The third-order valence-corrected chi connectivity index (χ3v) is 6.23. The van der Waals surface area contributed by atoms with Gasteiger partial charge in [-0.15, -0.1) is 0 Å². The van der Waals surface area contributed by atoms with Gasteiger partial charge in [0.2, 0.25) is 0 Å². The molecule has 10 nitrogen and oxygen atoms in total. The highest BCUT2D eigenvalue weighted by Crippen LogP contribution is 2.38. The molecule has 0 heterocycles. The summed E-state index contributed by atoms with van der Waals surface area (Å²) in [5.74, 6) is -0.115. The lowest BCUT2D eigenvalue weighted by Crippen LogP contribution is -2.16. The van der Waals surface area contributed by atoms with Crippen LogP contribution >= 0.6 is 0 Å². The Bertz CT molecular complexity index is 1310. The minimum atomic E-state index is -4.21. The van der Waals surface area contributed by atoms with E-state index in [1.54, 1.807) is 30.3 Å². The van der Waals surface area contributed by atoms with Gasteiger partial charge in [0, 0.05) is 29.8 Å². The first kappa shape index (κ1) is 23.5. The number of anilines is 2. The fourth-order valence-corrected chi connectivity index (χ4v) is 4.38. The standard InChI is InChI=1S/C22H21N3O7S/c1-14-9-10-16(25(27)28)11-21(14)33(29,30)24-18-13-19(31-2)17(12-20(18)32-3)23-22(26)15-7-5-4-6-8-15/h4-13,24H,1-3H3,(H,23,26). The molecule has 0 aliphatic carbocycles. The van der Waals surface area contributed by atoms with Gasteiger partial charge in [0.05, 0.1) is 35.4 Å². The number of non-ortho nitro benzene ring substituents is 1. The fraction of sp³-hybridized carbons (Fsp3) is 0.136. The highest BCUT2D eigenvalue weighted by molar-refractivity contribution is 7.92. The Balaban J connectivity index is 1.98. The van der Waals surface area contributed by atoms with Crippen LogP contribution < -0.4 is 19.5 Å². The topological polar surface area (TPSA) is 137 Å². The summed E-state index contributed by atoms with van der Waals surface area (Å²) < 4.78 is 39.0. The third-order valence-electron chi connectivity index (χ3n) is 4.72. The average molecular weight is 471 g/mol. The van der Waals surface area contributed by atoms with Crippen LogP contribution in [0.5, 0.6) is 11.5 Å². The lowest BCUT2D eigenvalue weighted by Gasteiger charge is -2.17. The molecule has 0 aromatic heterocycles. The van der Waals surface area contributed by atoms with E-state index in [4.69, 9.17) is 9.47 Å². The Morgan fingerprint density at radius 1 is 0.939 bits per heavy atom. The zero-order chi connectivity index (χ0) is 24.2. The molecular formula is C22H21N3O7S. The largest absolute Gasteiger partial charge is 0.494 e. The molecule has 0 radical (unpaired) electrons. The number of carbonyl (C=O) groups excluding carboxylic acids is 1. The number of sulfonamides is 1. The van der Waals surface area contributed by atoms with Gasteiger partial charge >= 0.3 is 0 Å². The number of aryl methyl sites for hydroxylation is 1. The Hall–Kier alpha value is -4.12. The summed E-state index contributed by atoms with van der Waals surface area (Å²) in [5, 5.41) is 13.8. The van der Waals surface area contributed by atoms with Gasteiger partial charge in [-0.25, -0.2) is 8.42 Å². The van der Waals surface area contributed by atoms with E-state index in [1.807, 2.05) is 0 Å². The van der Waals surface area contributed by atoms with E-state index >= 15 is 0 Å². The van der Waals surface area contributed by atoms with Crippen LogP contribution in [0, 0.1) is 17.0 Å². The van der Waals surface area contributed by atoms with E-state index in [1.165, 1.54) is 45.4 Å². The summed E-state index contributed by atoms with van der Waals surface area (Å²) in [6.07, 6.45) is 0. The Labute approximate surface area is 190 Å². The summed E-state index contributed by atoms with van der Waals surface area (Å²) in [6.45, 7) is 1.53. The molecule has 0 bridgehead atoms. The van der Waals surface area contributed by atoms with Crippen LogP contribution in [-0.4, -0.2) is 33.5 Å². The first-order valence-electron chi connectivity index (χ1n) is 9.56. The van der Waals surface area contributed by atoms with Crippen molar-refractivity contribution in [1.29, 1.82) is 0 Å². The Morgan fingerprint density at radius 2 is 1.55 bits per heavy atom. The zero-order valence-electron chi connectivity index (χ0n) is 18.0. The van der Waals surface area contributed by atoms with E-state index in [-0.39, 0.29) is 33.5 Å². The quantitative estimate of drug-likeness (QED) is 0.374. The lowest BCUT2D eigenvalue weighted by molar-refractivity contribution is -0.385. The van der Waals surface area contributed by atoms with Crippen molar-refractivity contribution in [2.45, 2.75) is 11.8 Å². The normalized spacial score (nSPS) is 10.9. The van der Waals surface area contributed by atoms with E-state index in [0.29, 0.717) is 11.1 Å². The molecule has 0 spiro atoms. The van der Waals surface area contributed by atoms with Crippen molar-refractivity contribution in [3.8, 4) is 11.5 Å². The maximum Gasteiger partial charge on any atom is 0.270 e. The molecule has 11 heteroatoms. The summed E-state index contributed by atoms with van der Waals surface area (Å²) in [4.78, 5) is 22.7. The molecule has 0 aliphatic rings. The van der Waals surface area contributed by atoms with E-state index < -0.39 is 20.9 Å². The van der Waals surface area contributed by atoms with Gasteiger partial charge in [0.1, 0.15) is 11.5 Å². The SMILES string of the molecule is COc1cc(NS(=O)(=O)c2cc([N+](=O)[O-])ccc2C)c(OC)cc1NC(=O)c1ccccc1. The molecule has 3 aromatic carbocycles. The number of nitrogens with one attached hydrogen (secondary N) is 2. The third kappa shape index (κ3) is 5.21. The maximum atomic E-state index is 13.0. The molecule has 33 heavy (non-hydrogen) atoms. The van der Waals surface area contributed by atoms with Crippen LogP contribution in [-0.2, 0) is 10.0 Å². The molecule has 0 aliphatic heterocycles. The number of benzene rings is 3. The minimum absolute atomic E-state index is 0.0259. The highest BCUT2D eigenvalue weighted by Gasteiger charge is 2.23. The van der Waals surface area contributed by atoms with Crippen LogP contribution in [0.1, 0.15) is 15.9 Å². The molecule has 0 saturated carbocycles. The number of rotatable bonds is 8. The molecule has 2 N–H and O–H groups in total. The Morgan fingerprint density at radius 3 is 2.15 bits per heavy atom. The summed E-state index contributed by atoms with van der Waals surface area (Å²) in [6, 6.07) is 14.8. The molecule has 1 amide bonds. The van der Waals surface area contributed by atoms with Crippen molar-refractivity contribution >= 4 is 33.0 Å². The van der Waals surface area contributed by atoms with Crippen LogP contribution in [0.2, 0.25) is 0 Å². The second-order valence-electron chi connectivity index (χ2n) is 6.89. The van der Waals surface area contributed by atoms with Crippen molar-refractivity contribution in [2.75, 3.05) is 24.3 Å². The van der Waals surface area contributed by atoms with Gasteiger partial charge in [0.15, 0.2) is 0 Å². The molecule has 172 valence electrons. The van der Waals surface area contributed by atoms with Gasteiger partial charge in [-0.3, -0.25) is 19.6 Å². The molecule has 0 fully saturated rings. The Kier molecular flexibility index (Phi) is 6.83. The van der Waals surface area contributed by atoms with Gasteiger partial charge in [-0.2, -0.15) is 0 Å². The average Bonchev–Trinajstić information content (AvgIpc) is 2.80. The monoisotopic (exact) mass is 471 g/mol. The maximum absolute atomic E-state index is 13.0. The molecule has 0 unspecified atom stereocenters. The second-order valence-corrected chi connectivity index (χ2v) is 8.54. The van der Waals surface area contributed by atoms with Crippen LogP contribution in [0.25, 0.3) is 0 Å². The number of nitrogens with zero attached hydrogens (tertiary/aromatic N) is 1.